The van der Waals surface area contributed by atoms with Crippen LogP contribution in [-0.2, 0) is 16.1 Å². The molecule has 5 heteroatoms. The molecule has 0 heterocycles. The minimum atomic E-state index is -0.454. The van der Waals surface area contributed by atoms with Crippen molar-refractivity contribution >= 4 is 11.9 Å². The number of carbonyl (C=O) groups excluding carboxylic acids is 2. The Labute approximate surface area is 128 Å². The molecule has 0 aliphatic heterocycles. The van der Waals surface area contributed by atoms with Gasteiger partial charge in [-0.15, -0.1) is 0 Å². The molecule has 0 spiro atoms. The van der Waals surface area contributed by atoms with E-state index in [1.165, 1.54) is 7.11 Å². The van der Waals surface area contributed by atoms with Gasteiger partial charge in [-0.3, -0.25) is 4.79 Å². The van der Waals surface area contributed by atoms with Crippen LogP contribution in [0.25, 0.3) is 0 Å². The van der Waals surface area contributed by atoms with E-state index in [4.69, 9.17) is 4.74 Å². The minimum Gasteiger partial charge on any atom is -0.482 e. The number of nitrogens with one attached hydrogen (secondary N) is 1. The number of carbonyl (C=O) groups is 2. The van der Waals surface area contributed by atoms with Crippen molar-refractivity contribution in [2.24, 2.45) is 0 Å². The van der Waals surface area contributed by atoms with E-state index in [0.717, 1.165) is 5.56 Å². The van der Waals surface area contributed by atoms with Crippen LogP contribution in [-0.4, -0.2) is 25.6 Å². The Morgan fingerprint density at radius 2 is 1.68 bits per heavy atom. The van der Waals surface area contributed by atoms with Crippen molar-refractivity contribution in [2.45, 2.75) is 6.54 Å². The smallest absolute Gasteiger partial charge is 0.343 e. The Kier molecular flexibility index (Phi) is 5.54. The highest BCUT2D eigenvalue weighted by molar-refractivity contribution is 5.94. The summed E-state index contributed by atoms with van der Waals surface area (Å²) in [6.45, 7) is 0.316. The first-order chi connectivity index (χ1) is 10.7. The summed E-state index contributed by atoms with van der Waals surface area (Å²) in [5.74, 6) is -0.113. The molecule has 0 aliphatic carbocycles. The maximum Gasteiger partial charge on any atom is 0.343 e. The zero-order valence-corrected chi connectivity index (χ0v) is 12.2. The lowest BCUT2D eigenvalue weighted by molar-refractivity contribution is -0.142. The van der Waals surface area contributed by atoms with E-state index < -0.39 is 5.97 Å². The number of ether oxygens (including phenoxy) is 2. The summed E-state index contributed by atoms with van der Waals surface area (Å²) >= 11 is 0. The number of hydrogen-bond donors (Lipinski definition) is 1. The van der Waals surface area contributed by atoms with Crippen molar-refractivity contribution < 1.29 is 19.1 Å². The van der Waals surface area contributed by atoms with Crippen LogP contribution in [0.2, 0.25) is 0 Å². The number of methoxy groups -OCH3 is 1. The Bertz CT molecular complexity index is 623. The van der Waals surface area contributed by atoms with E-state index >= 15 is 0 Å². The van der Waals surface area contributed by atoms with Gasteiger partial charge in [-0.1, -0.05) is 30.3 Å². The lowest BCUT2D eigenvalue weighted by atomic mass is 10.2. The van der Waals surface area contributed by atoms with Gasteiger partial charge in [0, 0.05) is 12.1 Å². The van der Waals surface area contributed by atoms with Gasteiger partial charge in [-0.05, 0) is 29.8 Å². The van der Waals surface area contributed by atoms with Crippen LogP contribution in [0.5, 0.6) is 5.75 Å². The molecule has 22 heavy (non-hydrogen) atoms. The molecule has 0 fully saturated rings. The van der Waals surface area contributed by atoms with Gasteiger partial charge in [0.2, 0.25) is 0 Å². The molecule has 1 amide bonds. The Hall–Kier alpha value is -2.82. The van der Waals surface area contributed by atoms with E-state index in [9.17, 15) is 9.59 Å². The molecule has 0 unspecified atom stereocenters. The van der Waals surface area contributed by atoms with Crippen LogP contribution in [0.3, 0.4) is 0 Å². The number of hydrogen-bond acceptors (Lipinski definition) is 4. The fourth-order valence-corrected chi connectivity index (χ4v) is 1.78. The number of benzene rings is 2. The average Bonchev–Trinajstić information content (AvgIpc) is 2.59. The molecular formula is C17H17NO4. The summed E-state index contributed by atoms with van der Waals surface area (Å²) in [7, 11) is 1.30. The molecule has 114 valence electrons. The van der Waals surface area contributed by atoms with Crippen molar-refractivity contribution in [1.82, 2.24) is 5.32 Å². The summed E-state index contributed by atoms with van der Waals surface area (Å²) in [4.78, 5) is 23.0. The van der Waals surface area contributed by atoms with Crippen molar-refractivity contribution in [2.75, 3.05) is 13.7 Å². The fourth-order valence-electron chi connectivity index (χ4n) is 1.78. The molecular weight excluding hydrogens is 282 g/mol. The third-order valence-electron chi connectivity index (χ3n) is 3.00. The summed E-state index contributed by atoms with van der Waals surface area (Å²) in [6, 6.07) is 16.2. The highest BCUT2D eigenvalue weighted by atomic mass is 16.6. The van der Waals surface area contributed by atoms with Crippen LogP contribution < -0.4 is 10.1 Å². The molecule has 0 radical (unpaired) electrons. The predicted octanol–water partition coefficient (Wildman–Crippen LogP) is 2.17. The maximum atomic E-state index is 12.0. The summed E-state index contributed by atoms with van der Waals surface area (Å²) in [6.07, 6.45) is 0. The lowest BCUT2D eigenvalue weighted by Gasteiger charge is -2.07. The highest BCUT2D eigenvalue weighted by Gasteiger charge is 2.06. The van der Waals surface area contributed by atoms with Gasteiger partial charge in [-0.2, -0.15) is 0 Å². The van der Waals surface area contributed by atoms with E-state index in [-0.39, 0.29) is 12.5 Å². The molecule has 2 rings (SSSR count). The highest BCUT2D eigenvalue weighted by Crippen LogP contribution is 2.12. The van der Waals surface area contributed by atoms with Gasteiger partial charge < -0.3 is 14.8 Å². The monoisotopic (exact) mass is 299 g/mol. The van der Waals surface area contributed by atoms with Gasteiger partial charge in [-0.25, -0.2) is 4.79 Å². The first-order valence-corrected chi connectivity index (χ1v) is 6.81. The van der Waals surface area contributed by atoms with Gasteiger partial charge in [0.15, 0.2) is 6.61 Å². The van der Waals surface area contributed by atoms with Crippen molar-refractivity contribution in [3.05, 3.63) is 65.7 Å². The predicted molar refractivity (Wildman–Crippen MR) is 81.6 cm³/mol. The summed E-state index contributed by atoms with van der Waals surface area (Å²) in [5.41, 5.74) is 1.57. The number of esters is 1. The van der Waals surface area contributed by atoms with E-state index in [0.29, 0.717) is 17.9 Å². The average molecular weight is 299 g/mol. The van der Waals surface area contributed by atoms with Crippen LogP contribution in [0.15, 0.2) is 54.6 Å². The summed E-state index contributed by atoms with van der Waals surface area (Å²) < 4.78 is 9.70. The zero-order chi connectivity index (χ0) is 15.8. The molecule has 0 aromatic heterocycles. The Balaban J connectivity index is 1.87. The van der Waals surface area contributed by atoms with E-state index in [2.05, 4.69) is 10.1 Å². The first-order valence-electron chi connectivity index (χ1n) is 6.81. The minimum absolute atomic E-state index is 0.157. The SMILES string of the molecule is COC(=O)COc1ccc(C(=O)NCc2ccccc2)cc1. The molecule has 0 saturated heterocycles. The van der Waals surface area contributed by atoms with Crippen LogP contribution in [0.1, 0.15) is 15.9 Å². The first kappa shape index (κ1) is 15.6. The summed E-state index contributed by atoms with van der Waals surface area (Å²) in [5, 5.41) is 2.84. The second-order valence-electron chi connectivity index (χ2n) is 4.56. The van der Waals surface area contributed by atoms with Crippen molar-refractivity contribution in [1.29, 1.82) is 0 Å². The van der Waals surface area contributed by atoms with E-state index in [1.54, 1.807) is 24.3 Å². The maximum absolute atomic E-state index is 12.0. The molecule has 0 aliphatic rings. The van der Waals surface area contributed by atoms with Gasteiger partial charge in [0.05, 0.1) is 7.11 Å². The zero-order valence-electron chi connectivity index (χ0n) is 12.2. The Morgan fingerprint density at radius 3 is 2.32 bits per heavy atom. The normalized spacial score (nSPS) is 9.86. The lowest BCUT2D eigenvalue weighted by Crippen LogP contribution is -2.22. The number of rotatable bonds is 6. The molecule has 0 saturated carbocycles. The molecule has 2 aromatic rings. The van der Waals surface area contributed by atoms with Crippen LogP contribution in [0, 0.1) is 0 Å². The van der Waals surface area contributed by atoms with E-state index in [1.807, 2.05) is 30.3 Å². The van der Waals surface area contributed by atoms with Crippen LogP contribution in [0.4, 0.5) is 0 Å². The molecule has 1 N–H and O–H groups in total. The van der Waals surface area contributed by atoms with Gasteiger partial charge >= 0.3 is 5.97 Å². The van der Waals surface area contributed by atoms with Gasteiger partial charge in [0.25, 0.3) is 5.91 Å². The third-order valence-corrected chi connectivity index (χ3v) is 3.00. The fraction of sp³-hybridized carbons (Fsp3) is 0.176. The second-order valence-corrected chi connectivity index (χ2v) is 4.56. The molecule has 5 nitrogen and oxygen atoms in total. The topological polar surface area (TPSA) is 64.6 Å². The molecule has 0 atom stereocenters. The second kappa shape index (κ2) is 7.83. The third kappa shape index (κ3) is 4.63. The van der Waals surface area contributed by atoms with Crippen molar-refractivity contribution in [3.8, 4) is 5.75 Å². The van der Waals surface area contributed by atoms with Crippen LogP contribution >= 0.6 is 0 Å². The standard InChI is InChI=1S/C17H17NO4/c1-21-16(19)12-22-15-9-7-14(8-10-15)17(20)18-11-13-5-3-2-4-6-13/h2-10H,11-12H2,1H3,(H,18,20). The van der Waals surface area contributed by atoms with Gasteiger partial charge in [0.1, 0.15) is 5.75 Å². The molecule has 0 bridgehead atoms. The Morgan fingerprint density at radius 1 is 1.00 bits per heavy atom. The largest absolute Gasteiger partial charge is 0.482 e. The molecule has 2 aromatic carbocycles. The number of amides is 1. The quantitative estimate of drug-likeness (QED) is 0.830. The van der Waals surface area contributed by atoms with Crippen molar-refractivity contribution in [3.63, 3.8) is 0 Å².